The van der Waals surface area contributed by atoms with Crippen LogP contribution in [0.5, 0.6) is 5.88 Å². The van der Waals surface area contributed by atoms with Crippen LogP contribution >= 0.6 is 0 Å². The molecule has 4 rings (SSSR count). The second-order valence-electron chi connectivity index (χ2n) is 8.36. The van der Waals surface area contributed by atoms with Gasteiger partial charge >= 0.3 is 0 Å². The summed E-state index contributed by atoms with van der Waals surface area (Å²) in [5, 5.41) is 0. The monoisotopic (exact) mass is 435 g/mol. The van der Waals surface area contributed by atoms with Crippen molar-refractivity contribution >= 4 is 5.91 Å². The summed E-state index contributed by atoms with van der Waals surface area (Å²) in [5.74, 6) is 2.76. The summed E-state index contributed by atoms with van der Waals surface area (Å²) in [6, 6.07) is 13.4. The number of hydrogen-bond acceptors (Lipinski definition) is 6. The number of amides is 1. The quantitative estimate of drug-likeness (QED) is 0.571. The van der Waals surface area contributed by atoms with E-state index in [4.69, 9.17) is 13.9 Å². The molecule has 1 aliphatic rings. The number of hydrogen-bond donors (Lipinski definition) is 0. The molecule has 7 nitrogen and oxygen atoms in total. The van der Waals surface area contributed by atoms with Crippen molar-refractivity contribution in [3.05, 3.63) is 65.3 Å². The molecule has 1 atom stereocenters. The van der Waals surface area contributed by atoms with Crippen molar-refractivity contribution < 1.29 is 18.7 Å². The first-order chi connectivity index (χ1) is 15.4. The molecule has 3 heterocycles. The summed E-state index contributed by atoms with van der Waals surface area (Å²) in [6.07, 6.45) is -0.230. The van der Waals surface area contributed by atoms with Gasteiger partial charge in [0.2, 0.25) is 5.88 Å². The predicted molar refractivity (Wildman–Crippen MR) is 121 cm³/mol. The Bertz CT molecular complexity index is 1080. The standard InChI is InChI=1S/C25H29N3O4/c1-16(2)24-26-17(3)12-23(27-24)31-15-20-14-28(10-11-30-20)25(29)21-13-22(32-18(21)4)19-8-6-5-7-9-19/h5-9,12-13,16,20H,10-11,14-15H2,1-4H3. The van der Waals surface area contributed by atoms with Crippen molar-refractivity contribution in [2.24, 2.45) is 0 Å². The predicted octanol–water partition coefficient (Wildman–Crippen LogP) is 4.40. The average Bonchev–Trinajstić information content (AvgIpc) is 3.19. The van der Waals surface area contributed by atoms with E-state index < -0.39 is 0 Å². The molecule has 1 fully saturated rings. The van der Waals surface area contributed by atoms with E-state index in [1.165, 1.54) is 0 Å². The molecule has 1 saturated heterocycles. The van der Waals surface area contributed by atoms with E-state index in [0.29, 0.717) is 49.3 Å². The van der Waals surface area contributed by atoms with E-state index in [0.717, 1.165) is 17.1 Å². The zero-order valence-electron chi connectivity index (χ0n) is 19.0. The molecule has 1 aromatic carbocycles. The van der Waals surface area contributed by atoms with Crippen LogP contribution in [0.3, 0.4) is 0 Å². The van der Waals surface area contributed by atoms with Crippen LogP contribution < -0.4 is 4.74 Å². The third-order valence-corrected chi connectivity index (χ3v) is 5.41. The summed E-state index contributed by atoms with van der Waals surface area (Å²) in [5.41, 5.74) is 2.40. The SMILES string of the molecule is Cc1cc(OCC2CN(C(=O)c3cc(-c4ccccc4)oc3C)CCO2)nc(C(C)C)n1. The molecule has 0 spiro atoms. The Kier molecular flexibility index (Phi) is 6.55. The molecule has 0 saturated carbocycles. The van der Waals surface area contributed by atoms with E-state index >= 15 is 0 Å². The van der Waals surface area contributed by atoms with Crippen molar-refractivity contribution in [1.82, 2.24) is 14.9 Å². The zero-order chi connectivity index (χ0) is 22.7. The number of benzene rings is 1. The molecule has 2 aromatic heterocycles. The Morgan fingerprint density at radius 1 is 1.19 bits per heavy atom. The Morgan fingerprint density at radius 3 is 2.72 bits per heavy atom. The van der Waals surface area contributed by atoms with Crippen molar-refractivity contribution in [2.75, 3.05) is 26.3 Å². The van der Waals surface area contributed by atoms with Gasteiger partial charge in [0.15, 0.2) is 0 Å². The minimum atomic E-state index is -0.230. The molecule has 1 unspecified atom stereocenters. The topological polar surface area (TPSA) is 77.7 Å². The summed E-state index contributed by atoms with van der Waals surface area (Å²) < 4.78 is 17.6. The maximum Gasteiger partial charge on any atom is 0.257 e. The van der Waals surface area contributed by atoms with Crippen LogP contribution in [0.15, 0.2) is 46.9 Å². The Balaban J connectivity index is 1.41. The van der Waals surface area contributed by atoms with Crippen molar-refractivity contribution in [2.45, 2.75) is 39.7 Å². The zero-order valence-corrected chi connectivity index (χ0v) is 19.0. The molecular formula is C25H29N3O4. The van der Waals surface area contributed by atoms with Gasteiger partial charge in [0.25, 0.3) is 5.91 Å². The lowest BCUT2D eigenvalue weighted by Gasteiger charge is -2.32. The van der Waals surface area contributed by atoms with Gasteiger partial charge in [-0.3, -0.25) is 4.79 Å². The number of rotatable bonds is 6. The molecule has 0 aliphatic carbocycles. The largest absolute Gasteiger partial charge is 0.475 e. The van der Waals surface area contributed by atoms with Gasteiger partial charge < -0.3 is 18.8 Å². The van der Waals surface area contributed by atoms with Gasteiger partial charge in [-0.2, -0.15) is 4.98 Å². The molecule has 0 bridgehead atoms. The highest BCUT2D eigenvalue weighted by molar-refractivity contribution is 5.96. The Morgan fingerprint density at radius 2 is 1.97 bits per heavy atom. The van der Waals surface area contributed by atoms with Crippen molar-refractivity contribution in [3.8, 4) is 17.2 Å². The lowest BCUT2D eigenvalue weighted by atomic mass is 10.1. The lowest BCUT2D eigenvalue weighted by Crippen LogP contribution is -2.47. The molecule has 1 amide bonds. The van der Waals surface area contributed by atoms with Crippen molar-refractivity contribution in [3.63, 3.8) is 0 Å². The minimum absolute atomic E-state index is 0.0540. The van der Waals surface area contributed by atoms with Crippen LogP contribution in [-0.4, -0.2) is 53.2 Å². The molecule has 0 N–H and O–H groups in total. The molecule has 3 aromatic rings. The molecular weight excluding hydrogens is 406 g/mol. The number of aromatic nitrogens is 2. The first kappa shape index (κ1) is 22.0. The average molecular weight is 436 g/mol. The first-order valence-corrected chi connectivity index (χ1v) is 11.0. The molecule has 7 heteroatoms. The van der Waals surface area contributed by atoms with Gasteiger partial charge in [-0.1, -0.05) is 44.2 Å². The molecule has 168 valence electrons. The Labute approximate surface area is 188 Å². The van der Waals surface area contributed by atoms with Gasteiger partial charge in [-0.05, 0) is 19.9 Å². The number of nitrogens with zero attached hydrogens (tertiary/aromatic N) is 3. The fourth-order valence-corrected chi connectivity index (χ4v) is 3.69. The number of furan rings is 1. The Hall–Kier alpha value is -3.19. The number of morpholine rings is 1. The van der Waals surface area contributed by atoms with Crippen LogP contribution in [0.4, 0.5) is 0 Å². The smallest absolute Gasteiger partial charge is 0.257 e. The third kappa shape index (κ3) is 4.99. The molecule has 0 radical (unpaired) electrons. The minimum Gasteiger partial charge on any atom is -0.475 e. The van der Waals surface area contributed by atoms with Gasteiger partial charge in [0.1, 0.15) is 30.1 Å². The number of aryl methyl sites for hydroxylation is 2. The van der Waals surface area contributed by atoms with Gasteiger partial charge in [0, 0.05) is 29.8 Å². The van der Waals surface area contributed by atoms with E-state index in [1.54, 1.807) is 4.90 Å². The second-order valence-corrected chi connectivity index (χ2v) is 8.36. The van der Waals surface area contributed by atoms with E-state index in [-0.39, 0.29) is 17.9 Å². The molecule has 32 heavy (non-hydrogen) atoms. The number of carbonyl (C=O) groups is 1. The third-order valence-electron chi connectivity index (χ3n) is 5.41. The highest BCUT2D eigenvalue weighted by Crippen LogP contribution is 2.26. The fraction of sp³-hybridized carbons (Fsp3) is 0.400. The van der Waals surface area contributed by atoms with Gasteiger partial charge in [0.05, 0.1) is 18.7 Å². The van der Waals surface area contributed by atoms with Crippen LogP contribution in [0.25, 0.3) is 11.3 Å². The summed E-state index contributed by atoms with van der Waals surface area (Å²) in [7, 11) is 0. The van der Waals surface area contributed by atoms with Crippen molar-refractivity contribution in [1.29, 1.82) is 0 Å². The van der Waals surface area contributed by atoms with Gasteiger partial charge in [-0.15, -0.1) is 0 Å². The van der Waals surface area contributed by atoms with Gasteiger partial charge in [-0.25, -0.2) is 4.98 Å². The first-order valence-electron chi connectivity index (χ1n) is 11.0. The summed E-state index contributed by atoms with van der Waals surface area (Å²) >= 11 is 0. The second kappa shape index (κ2) is 9.53. The highest BCUT2D eigenvalue weighted by atomic mass is 16.5. The number of ether oxygens (including phenoxy) is 2. The number of carbonyl (C=O) groups excluding carboxylic acids is 1. The van der Waals surface area contributed by atoms with E-state index in [9.17, 15) is 4.79 Å². The normalized spacial score (nSPS) is 16.4. The maximum absolute atomic E-state index is 13.2. The summed E-state index contributed by atoms with van der Waals surface area (Å²) in [6.45, 7) is 9.61. The highest BCUT2D eigenvalue weighted by Gasteiger charge is 2.28. The lowest BCUT2D eigenvalue weighted by molar-refractivity contribution is -0.0408. The van der Waals surface area contributed by atoms with Crippen LogP contribution in [0.1, 0.15) is 47.4 Å². The van der Waals surface area contributed by atoms with E-state index in [2.05, 4.69) is 9.97 Å². The molecule has 1 aliphatic heterocycles. The van der Waals surface area contributed by atoms with Crippen LogP contribution in [0.2, 0.25) is 0 Å². The van der Waals surface area contributed by atoms with Crippen LogP contribution in [-0.2, 0) is 4.74 Å². The fourth-order valence-electron chi connectivity index (χ4n) is 3.69. The maximum atomic E-state index is 13.2. The van der Waals surface area contributed by atoms with E-state index in [1.807, 2.05) is 70.2 Å². The summed E-state index contributed by atoms with van der Waals surface area (Å²) in [4.78, 5) is 23.9. The van der Waals surface area contributed by atoms with Crippen LogP contribution in [0, 0.1) is 13.8 Å².